The number of amides is 1. The Bertz CT molecular complexity index is 855. The first-order chi connectivity index (χ1) is 13.1. The van der Waals surface area contributed by atoms with Gasteiger partial charge in [-0.25, -0.2) is 9.78 Å². The van der Waals surface area contributed by atoms with Crippen LogP contribution in [-0.2, 0) is 9.53 Å². The van der Waals surface area contributed by atoms with Gasteiger partial charge in [0, 0.05) is 44.6 Å². The number of nitrogens with zero attached hydrogens (tertiary/aromatic N) is 3. The standard InChI is InChI=1S/C21H23N3O3/c1-14(25)24-12-16-11-23(20-17(21(26)27-2)9-6-10-22-20)13-18(16)19(24)15-7-4-3-5-8-15/h3-10,16,18-19H,11-13H2,1-2H3/t16-,18-,19-/m1/s1. The Morgan fingerprint density at radius 1 is 1.07 bits per heavy atom. The predicted molar refractivity (Wildman–Crippen MR) is 101 cm³/mol. The number of methoxy groups -OCH3 is 1. The quantitative estimate of drug-likeness (QED) is 0.782. The van der Waals surface area contributed by atoms with E-state index in [2.05, 4.69) is 22.0 Å². The summed E-state index contributed by atoms with van der Waals surface area (Å²) in [4.78, 5) is 33.0. The summed E-state index contributed by atoms with van der Waals surface area (Å²) in [6.45, 7) is 3.91. The summed E-state index contributed by atoms with van der Waals surface area (Å²) < 4.78 is 4.91. The first-order valence-corrected chi connectivity index (χ1v) is 9.20. The van der Waals surface area contributed by atoms with Crippen molar-refractivity contribution in [3.63, 3.8) is 0 Å². The second kappa shape index (κ2) is 7.02. The Labute approximate surface area is 158 Å². The molecule has 0 radical (unpaired) electrons. The molecule has 0 bridgehead atoms. The molecule has 2 saturated heterocycles. The lowest BCUT2D eigenvalue weighted by molar-refractivity contribution is -0.130. The second-order valence-corrected chi connectivity index (χ2v) is 7.22. The number of hydrogen-bond acceptors (Lipinski definition) is 5. The molecule has 0 saturated carbocycles. The minimum Gasteiger partial charge on any atom is -0.465 e. The van der Waals surface area contributed by atoms with Crippen LogP contribution in [0.5, 0.6) is 0 Å². The molecule has 6 nitrogen and oxygen atoms in total. The molecule has 2 aliphatic heterocycles. The average molecular weight is 365 g/mol. The van der Waals surface area contributed by atoms with Gasteiger partial charge in [-0.05, 0) is 17.7 Å². The van der Waals surface area contributed by atoms with Crippen molar-refractivity contribution in [2.75, 3.05) is 31.6 Å². The van der Waals surface area contributed by atoms with Gasteiger partial charge in [0.25, 0.3) is 0 Å². The molecule has 2 fully saturated rings. The van der Waals surface area contributed by atoms with Gasteiger partial charge in [-0.1, -0.05) is 30.3 Å². The zero-order valence-electron chi connectivity index (χ0n) is 15.5. The molecular formula is C21H23N3O3. The average Bonchev–Trinajstić information content (AvgIpc) is 3.26. The van der Waals surface area contributed by atoms with E-state index in [9.17, 15) is 9.59 Å². The lowest BCUT2D eigenvalue weighted by Crippen LogP contribution is -2.35. The molecule has 1 aromatic heterocycles. The van der Waals surface area contributed by atoms with Gasteiger partial charge in [-0.2, -0.15) is 0 Å². The molecule has 0 spiro atoms. The van der Waals surface area contributed by atoms with Crippen LogP contribution in [0.25, 0.3) is 0 Å². The fourth-order valence-electron chi connectivity index (χ4n) is 4.54. The van der Waals surface area contributed by atoms with E-state index >= 15 is 0 Å². The predicted octanol–water partition coefficient (Wildman–Crippen LogP) is 2.52. The third-order valence-electron chi connectivity index (χ3n) is 5.70. The zero-order valence-corrected chi connectivity index (χ0v) is 15.5. The third-order valence-corrected chi connectivity index (χ3v) is 5.70. The number of fused-ring (bicyclic) bond motifs is 1. The zero-order chi connectivity index (χ0) is 19.0. The van der Waals surface area contributed by atoms with Crippen LogP contribution in [0, 0.1) is 11.8 Å². The largest absolute Gasteiger partial charge is 0.465 e. The van der Waals surface area contributed by atoms with E-state index in [4.69, 9.17) is 4.74 Å². The van der Waals surface area contributed by atoms with Crippen LogP contribution < -0.4 is 4.90 Å². The highest BCUT2D eigenvalue weighted by atomic mass is 16.5. The monoisotopic (exact) mass is 365 g/mol. The summed E-state index contributed by atoms with van der Waals surface area (Å²) in [5.74, 6) is 1.06. The number of carbonyl (C=O) groups excluding carboxylic acids is 2. The fourth-order valence-corrected chi connectivity index (χ4v) is 4.54. The Balaban J connectivity index is 1.64. The lowest BCUT2D eigenvalue weighted by atomic mass is 9.89. The maximum Gasteiger partial charge on any atom is 0.341 e. The van der Waals surface area contributed by atoms with Gasteiger partial charge in [0.15, 0.2) is 0 Å². The first kappa shape index (κ1) is 17.5. The summed E-state index contributed by atoms with van der Waals surface area (Å²) in [5, 5.41) is 0. The number of rotatable bonds is 3. The van der Waals surface area contributed by atoms with Crippen molar-refractivity contribution < 1.29 is 14.3 Å². The Hall–Kier alpha value is -2.89. The summed E-state index contributed by atoms with van der Waals surface area (Å²) in [6, 6.07) is 13.8. The number of likely N-dealkylation sites (tertiary alicyclic amines) is 1. The van der Waals surface area contributed by atoms with Crippen molar-refractivity contribution in [2.24, 2.45) is 11.8 Å². The fraction of sp³-hybridized carbons (Fsp3) is 0.381. The van der Waals surface area contributed by atoms with Crippen molar-refractivity contribution in [2.45, 2.75) is 13.0 Å². The van der Waals surface area contributed by atoms with Crippen LogP contribution >= 0.6 is 0 Å². The molecule has 140 valence electrons. The number of aromatic nitrogens is 1. The Kier molecular flexibility index (Phi) is 4.56. The van der Waals surface area contributed by atoms with Gasteiger partial charge in [0.1, 0.15) is 11.4 Å². The van der Waals surface area contributed by atoms with E-state index in [1.54, 1.807) is 25.3 Å². The molecule has 3 atom stereocenters. The van der Waals surface area contributed by atoms with Crippen LogP contribution in [0.4, 0.5) is 5.82 Å². The summed E-state index contributed by atoms with van der Waals surface area (Å²) in [7, 11) is 1.38. The van der Waals surface area contributed by atoms with Gasteiger partial charge in [0.05, 0.1) is 13.2 Å². The number of pyridine rings is 1. The number of benzene rings is 1. The molecule has 2 aliphatic rings. The lowest BCUT2D eigenvalue weighted by Gasteiger charge is -2.29. The molecule has 1 amide bonds. The van der Waals surface area contributed by atoms with Crippen LogP contribution in [0.1, 0.15) is 28.9 Å². The summed E-state index contributed by atoms with van der Waals surface area (Å²) in [6.07, 6.45) is 1.70. The molecule has 0 aliphatic carbocycles. The van der Waals surface area contributed by atoms with Crippen molar-refractivity contribution in [1.82, 2.24) is 9.88 Å². The highest BCUT2D eigenvalue weighted by Crippen LogP contribution is 2.46. The van der Waals surface area contributed by atoms with E-state index in [0.29, 0.717) is 23.2 Å². The third kappa shape index (κ3) is 3.05. The van der Waals surface area contributed by atoms with E-state index in [-0.39, 0.29) is 17.9 Å². The highest BCUT2D eigenvalue weighted by molar-refractivity contribution is 5.94. The molecule has 6 heteroatoms. The SMILES string of the molecule is COC(=O)c1cccnc1N1C[C@@H]2CN(C(C)=O)[C@H](c3ccccc3)[C@@H]2C1. The van der Waals surface area contributed by atoms with Gasteiger partial charge < -0.3 is 14.5 Å². The van der Waals surface area contributed by atoms with E-state index in [1.807, 2.05) is 23.1 Å². The smallest absolute Gasteiger partial charge is 0.341 e. The van der Waals surface area contributed by atoms with Crippen molar-refractivity contribution in [1.29, 1.82) is 0 Å². The van der Waals surface area contributed by atoms with E-state index in [1.165, 1.54) is 7.11 Å². The highest BCUT2D eigenvalue weighted by Gasteiger charge is 2.49. The van der Waals surface area contributed by atoms with Crippen molar-refractivity contribution >= 4 is 17.7 Å². The molecule has 4 rings (SSSR count). The number of hydrogen-bond donors (Lipinski definition) is 0. The molecule has 0 unspecified atom stereocenters. The van der Waals surface area contributed by atoms with Gasteiger partial charge in [-0.3, -0.25) is 4.79 Å². The molecule has 27 heavy (non-hydrogen) atoms. The topological polar surface area (TPSA) is 62.7 Å². The normalized spacial score (nSPS) is 24.0. The minimum absolute atomic E-state index is 0.0592. The number of anilines is 1. The Morgan fingerprint density at radius 3 is 2.56 bits per heavy atom. The van der Waals surface area contributed by atoms with Crippen molar-refractivity contribution in [3.8, 4) is 0 Å². The number of carbonyl (C=O) groups is 2. The second-order valence-electron chi connectivity index (χ2n) is 7.22. The minimum atomic E-state index is -0.375. The van der Waals surface area contributed by atoms with Gasteiger partial charge >= 0.3 is 5.97 Å². The molecule has 3 heterocycles. The van der Waals surface area contributed by atoms with E-state index < -0.39 is 0 Å². The summed E-state index contributed by atoms with van der Waals surface area (Å²) >= 11 is 0. The molecule has 0 N–H and O–H groups in total. The molecule has 1 aromatic carbocycles. The maximum absolute atomic E-state index is 12.2. The van der Waals surface area contributed by atoms with Crippen molar-refractivity contribution in [3.05, 3.63) is 59.8 Å². The van der Waals surface area contributed by atoms with Gasteiger partial charge in [-0.15, -0.1) is 0 Å². The van der Waals surface area contributed by atoms with Gasteiger partial charge in [0.2, 0.25) is 5.91 Å². The number of esters is 1. The maximum atomic E-state index is 12.2. The Morgan fingerprint density at radius 2 is 1.85 bits per heavy atom. The first-order valence-electron chi connectivity index (χ1n) is 9.20. The van der Waals surface area contributed by atoms with E-state index in [0.717, 1.165) is 25.2 Å². The molecule has 2 aromatic rings. The van der Waals surface area contributed by atoms with Crippen LogP contribution in [0.15, 0.2) is 48.7 Å². The molecular weight excluding hydrogens is 342 g/mol. The number of ether oxygens (including phenoxy) is 1. The van der Waals surface area contributed by atoms with Crippen LogP contribution in [-0.4, -0.2) is 48.5 Å². The summed E-state index contributed by atoms with van der Waals surface area (Å²) in [5.41, 5.74) is 1.65. The van der Waals surface area contributed by atoms with Crippen LogP contribution in [0.2, 0.25) is 0 Å². The van der Waals surface area contributed by atoms with Crippen LogP contribution in [0.3, 0.4) is 0 Å².